The summed E-state index contributed by atoms with van der Waals surface area (Å²) in [5.74, 6) is -0.669. The van der Waals surface area contributed by atoms with Crippen molar-refractivity contribution in [2.75, 3.05) is 32.1 Å². The molecular weight excluding hydrogens is 420 g/mol. The molecule has 0 radical (unpaired) electrons. The van der Waals surface area contributed by atoms with Gasteiger partial charge in [-0.3, -0.25) is 14.3 Å². The lowest BCUT2D eigenvalue weighted by atomic mass is 10.2. The molecule has 0 aliphatic carbocycles. The number of hydrogen-bond donors (Lipinski definition) is 1. The molecule has 9 heteroatoms. The third-order valence-corrected chi connectivity index (χ3v) is 5.58. The summed E-state index contributed by atoms with van der Waals surface area (Å²) >= 11 is 0. The van der Waals surface area contributed by atoms with E-state index >= 15 is 0 Å². The van der Waals surface area contributed by atoms with Crippen LogP contribution in [0.1, 0.15) is 27.3 Å². The number of aliphatic hydroxyl groups excluding tert-OH is 1. The summed E-state index contributed by atoms with van der Waals surface area (Å²) in [7, 11) is 4.93. The first-order chi connectivity index (χ1) is 15.9. The lowest BCUT2D eigenvalue weighted by Gasteiger charge is -2.20. The van der Waals surface area contributed by atoms with Crippen LogP contribution < -0.4 is 4.90 Å². The smallest absolute Gasteiger partial charge is 0.277 e. The number of rotatable bonds is 7. The maximum atomic E-state index is 13.4. The minimum absolute atomic E-state index is 0.0125. The van der Waals surface area contributed by atoms with Gasteiger partial charge in [0.1, 0.15) is 11.3 Å². The van der Waals surface area contributed by atoms with E-state index in [1.165, 1.54) is 20.7 Å². The Kier molecular flexibility index (Phi) is 6.23. The maximum absolute atomic E-state index is 13.4. The number of hydrogen-bond acceptors (Lipinski definition) is 5. The minimum Gasteiger partial charge on any atom is -0.396 e. The van der Waals surface area contributed by atoms with Gasteiger partial charge in [0.15, 0.2) is 0 Å². The highest BCUT2D eigenvalue weighted by Gasteiger charge is 2.27. The van der Waals surface area contributed by atoms with Crippen LogP contribution in [0.2, 0.25) is 0 Å². The number of nitrogens with zero attached hydrogens (tertiary/aromatic N) is 6. The van der Waals surface area contributed by atoms with E-state index in [1.807, 2.05) is 59.3 Å². The molecule has 0 aliphatic rings. The zero-order valence-corrected chi connectivity index (χ0v) is 18.8. The van der Waals surface area contributed by atoms with E-state index in [1.54, 1.807) is 21.1 Å². The maximum Gasteiger partial charge on any atom is 0.277 e. The zero-order valence-electron chi connectivity index (χ0n) is 18.8. The molecule has 0 aliphatic heterocycles. The fourth-order valence-electron chi connectivity index (χ4n) is 3.67. The van der Waals surface area contributed by atoms with Crippen molar-refractivity contribution < 1.29 is 14.7 Å². The number of amides is 2. The van der Waals surface area contributed by atoms with Crippen LogP contribution in [0.4, 0.5) is 5.69 Å². The van der Waals surface area contributed by atoms with Gasteiger partial charge in [0.05, 0.1) is 17.5 Å². The Bertz CT molecular complexity index is 1290. The monoisotopic (exact) mass is 446 g/mol. The summed E-state index contributed by atoms with van der Waals surface area (Å²) < 4.78 is 3.31. The molecule has 0 bridgehead atoms. The number of aryl methyl sites for hydroxylation is 1. The van der Waals surface area contributed by atoms with Gasteiger partial charge in [-0.05, 0) is 12.5 Å². The third kappa shape index (κ3) is 4.35. The Morgan fingerprint density at radius 1 is 1.09 bits per heavy atom. The highest BCUT2D eigenvalue weighted by molar-refractivity contribution is 6.12. The van der Waals surface area contributed by atoms with Crippen molar-refractivity contribution in [2.45, 2.75) is 6.42 Å². The van der Waals surface area contributed by atoms with Gasteiger partial charge in [-0.15, -0.1) is 0 Å². The second-order valence-electron chi connectivity index (χ2n) is 7.84. The second-order valence-corrected chi connectivity index (χ2v) is 7.84. The first kappa shape index (κ1) is 22.2. The van der Waals surface area contributed by atoms with Gasteiger partial charge in [-0.25, -0.2) is 4.98 Å². The number of carbonyl (C=O) groups excluding carboxylic acids is 2. The van der Waals surface area contributed by atoms with Gasteiger partial charge in [0, 0.05) is 64.0 Å². The molecular formula is C24H26N6O3. The van der Waals surface area contributed by atoms with E-state index in [0.29, 0.717) is 24.3 Å². The molecule has 4 aromatic rings. The average Bonchev–Trinajstić information content (AvgIpc) is 3.44. The van der Waals surface area contributed by atoms with Crippen molar-refractivity contribution >= 4 is 23.1 Å². The molecule has 0 spiro atoms. The van der Waals surface area contributed by atoms with Gasteiger partial charge >= 0.3 is 0 Å². The van der Waals surface area contributed by atoms with Crippen molar-refractivity contribution in [1.82, 2.24) is 24.1 Å². The Balaban J connectivity index is 1.62. The number of imidazole rings is 1. The molecule has 0 unspecified atom stereocenters. The molecule has 0 fully saturated rings. The molecule has 1 N–H and O–H groups in total. The van der Waals surface area contributed by atoms with Crippen LogP contribution in [-0.2, 0) is 7.05 Å². The lowest BCUT2D eigenvalue weighted by molar-refractivity contribution is 0.0780. The van der Waals surface area contributed by atoms with E-state index in [-0.39, 0.29) is 29.7 Å². The molecule has 3 heterocycles. The normalized spacial score (nSPS) is 11.0. The van der Waals surface area contributed by atoms with E-state index in [9.17, 15) is 9.59 Å². The summed E-state index contributed by atoms with van der Waals surface area (Å²) in [5, 5.41) is 13.2. The number of carbonyl (C=O) groups is 2. The summed E-state index contributed by atoms with van der Waals surface area (Å²) in [5.41, 5.74) is 3.62. The second kappa shape index (κ2) is 9.25. The van der Waals surface area contributed by atoms with Crippen molar-refractivity contribution in [3.63, 3.8) is 0 Å². The standard InChI is InChI=1S/C24H26N6O3/c1-27(11-7-13-31)23(32)19-15-25-29(3)22(19)24(33)28(2)18-10-12-30-16-20(26-21(30)14-18)17-8-5-4-6-9-17/h4-6,8-10,12,14-16,31H,7,11,13H2,1-3H3. The fourth-order valence-corrected chi connectivity index (χ4v) is 3.67. The van der Waals surface area contributed by atoms with Gasteiger partial charge < -0.3 is 19.3 Å². The lowest BCUT2D eigenvalue weighted by Crippen LogP contribution is -2.33. The van der Waals surface area contributed by atoms with Gasteiger partial charge in [0.25, 0.3) is 11.8 Å². The largest absolute Gasteiger partial charge is 0.396 e. The highest BCUT2D eigenvalue weighted by atomic mass is 16.3. The molecule has 0 saturated carbocycles. The Morgan fingerprint density at radius 3 is 2.58 bits per heavy atom. The third-order valence-electron chi connectivity index (χ3n) is 5.58. The molecule has 170 valence electrons. The quantitative estimate of drug-likeness (QED) is 0.471. The molecule has 4 rings (SSSR count). The number of fused-ring (bicyclic) bond motifs is 1. The summed E-state index contributed by atoms with van der Waals surface area (Å²) in [4.78, 5) is 33.9. The fraction of sp³-hybridized carbons (Fsp3) is 0.250. The Labute approximate surface area is 191 Å². The Morgan fingerprint density at radius 2 is 1.85 bits per heavy atom. The molecule has 9 nitrogen and oxygen atoms in total. The van der Waals surface area contributed by atoms with Crippen LogP contribution in [0.3, 0.4) is 0 Å². The summed E-state index contributed by atoms with van der Waals surface area (Å²) in [6, 6.07) is 13.5. The number of benzene rings is 1. The van der Waals surface area contributed by atoms with Crippen molar-refractivity contribution in [2.24, 2.45) is 7.05 Å². The van der Waals surface area contributed by atoms with Gasteiger partial charge in [-0.1, -0.05) is 30.3 Å². The SMILES string of the molecule is CN(CCCO)C(=O)c1cnn(C)c1C(=O)N(C)c1ccn2cc(-c3ccccc3)nc2c1. The summed E-state index contributed by atoms with van der Waals surface area (Å²) in [6.07, 6.45) is 5.66. The van der Waals surface area contributed by atoms with Gasteiger partial charge in [-0.2, -0.15) is 5.10 Å². The van der Waals surface area contributed by atoms with Crippen LogP contribution in [-0.4, -0.2) is 68.2 Å². The van der Waals surface area contributed by atoms with Crippen LogP contribution in [0, 0.1) is 0 Å². The molecule has 0 atom stereocenters. The van der Waals surface area contributed by atoms with E-state index < -0.39 is 0 Å². The van der Waals surface area contributed by atoms with Crippen LogP contribution in [0.5, 0.6) is 0 Å². The van der Waals surface area contributed by atoms with E-state index in [0.717, 1.165) is 11.3 Å². The highest BCUT2D eigenvalue weighted by Crippen LogP contribution is 2.23. The average molecular weight is 447 g/mol. The van der Waals surface area contributed by atoms with Crippen molar-refractivity contribution in [1.29, 1.82) is 0 Å². The number of pyridine rings is 1. The van der Waals surface area contributed by atoms with Crippen LogP contribution in [0.15, 0.2) is 61.1 Å². The van der Waals surface area contributed by atoms with Crippen LogP contribution >= 0.6 is 0 Å². The number of aromatic nitrogens is 4. The van der Waals surface area contributed by atoms with E-state index in [4.69, 9.17) is 5.11 Å². The molecule has 1 aromatic carbocycles. The summed E-state index contributed by atoms with van der Waals surface area (Å²) in [6.45, 7) is 0.370. The topological polar surface area (TPSA) is 96.0 Å². The first-order valence-corrected chi connectivity index (χ1v) is 10.6. The van der Waals surface area contributed by atoms with Gasteiger partial charge in [0.2, 0.25) is 0 Å². The molecule has 3 aromatic heterocycles. The van der Waals surface area contributed by atoms with Crippen LogP contribution in [0.25, 0.3) is 16.9 Å². The van der Waals surface area contributed by atoms with Crippen molar-refractivity contribution in [3.8, 4) is 11.3 Å². The molecule has 0 saturated heterocycles. The van der Waals surface area contributed by atoms with Crippen molar-refractivity contribution in [3.05, 3.63) is 72.3 Å². The minimum atomic E-state index is -0.354. The van der Waals surface area contributed by atoms with E-state index in [2.05, 4.69) is 10.1 Å². The Hall–Kier alpha value is -3.98. The first-order valence-electron chi connectivity index (χ1n) is 10.6. The number of aliphatic hydroxyl groups is 1. The zero-order chi connectivity index (χ0) is 23.5. The predicted octanol–water partition coefficient (Wildman–Crippen LogP) is 2.47. The molecule has 2 amide bonds. The predicted molar refractivity (Wildman–Crippen MR) is 125 cm³/mol. The molecule has 33 heavy (non-hydrogen) atoms. The number of anilines is 1.